The van der Waals surface area contributed by atoms with Crippen LogP contribution in [0.5, 0.6) is 0 Å². The average molecular weight is 348 g/mol. The molecular weight excluding hydrogens is 324 g/mol. The number of amides is 1. The maximum atomic E-state index is 12.5. The summed E-state index contributed by atoms with van der Waals surface area (Å²) in [6, 6.07) is 16.1. The summed E-state index contributed by atoms with van der Waals surface area (Å²) >= 11 is 0. The Morgan fingerprint density at radius 3 is 2.54 bits per heavy atom. The largest absolute Gasteiger partial charge is 0.372 e. The highest BCUT2D eigenvalue weighted by Gasteiger charge is 2.12. The highest BCUT2D eigenvalue weighted by molar-refractivity contribution is 5.92. The van der Waals surface area contributed by atoms with Crippen LogP contribution in [0.3, 0.4) is 0 Å². The van der Waals surface area contributed by atoms with Crippen molar-refractivity contribution >= 4 is 28.3 Å². The lowest BCUT2D eigenvalue weighted by molar-refractivity contribution is -0.116. The molecule has 26 heavy (non-hydrogen) atoms. The van der Waals surface area contributed by atoms with E-state index in [1.54, 1.807) is 0 Å². The lowest BCUT2D eigenvalue weighted by Crippen LogP contribution is -2.29. The first-order valence-electron chi connectivity index (χ1n) is 9.27. The van der Waals surface area contributed by atoms with Gasteiger partial charge in [-0.25, -0.2) is 4.98 Å². The number of para-hydroxylation sites is 2. The molecule has 1 fully saturated rings. The summed E-state index contributed by atoms with van der Waals surface area (Å²) in [5.74, 6) is 0.809. The van der Waals surface area contributed by atoms with Crippen LogP contribution in [0.15, 0.2) is 48.5 Å². The molecule has 1 aliphatic rings. The molecule has 2 aromatic carbocycles. The van der Waals surface area contributed by atoms with E-state index < -0.39 is 0 Å². The molecule has 1 saturated heterocycles. The SMILES string of the molecule is Cc1nc2ccccc2n1CC(=O)Nc1ccc(N2CCCCC2)cc1. The molecule has 5 heteroatoms. The normalized spacial score (nSPS) is 14.6. The number of piperidine rings is 1. The number of carbonyl (C=O) groups is 1. The smallest absolute Gasteiger partial charge is 0.244 e. The second kappa shape index (κ2) is 7.20. The Balaban J connectivity index is 1.43. The first-order valence-corrected chi connectivity index (χ1v) is 9.27. The lowest BCUT2D eigenvalue weighted by atomic mass is 10.1. The third-order valence-corrected chi connectivity index (χ3v) is 5.02. The van der Waals surface area contributed by atoms with E-state index in [-0.39, 0.29) is 12.5 Å². The minimum Gasteiger partial charge on any atom is -0.372 e. The van der Waals surface area contributed by atoms with Crippen molar-refractivity contribution in [2.24, 2.45) is 0 Å². The zero-order chi connectivity index (χ0) is 17.9. The highest BCUT2D eigenvalue weighted by Crippen LogP contribution is 2.22. The predicted octanol–water partition coefficient (Wildman–Crippen LogP) is 3.97. The van der Waals surface area contributed by atoms with Gasteiger partial charge in [-0.1, -0.05) is 12.1 Å². The van der Waals surface area contributed by atoms with Gasteiger partial charge in [-0.05, 0) is 62.6 Å². The number of nitrogens with one attached hydrogen (secondary N) is 1. The Kier molecular flexibility index (Phi) is 4.61. The number of hydrogen-bond acceptors (Lipinski definition) is 3. The first-order chi connectivity index (χ1) is 12.7. The average Bonchev–Trinajstić information content (AvgIpc) is 2.98. The van der Waals surface area contributed by atoms with Crippen molar-refractivity contribution in [2.75, 3.05) is 23.3 Å². The number of carbonyl (C=O) groups excluding carboxylic acids is 1. The topological polar surface area (TPSA) is 50.2 Å². The van der Waals surface area contributed by atoms with Crippen molar-refractivity contribution in [1.82, 2.24) is 9.55 Å². The summed E-state index contributed by atoms with van der Waals surface area (Å²) in [4.78, 5) is 19.4. The Morgan fingerprint density at radius 2 is 1.77 bits per heavy atom. The van der Waals surface area contributed by atoms with Gasteiger partial charge >= 0.3 is 0 Å². The first kappa shape index (κ1) is 16.6. The van der Waals surface area contributed by atoms with Gasteiger partial charge in [0.2, 0.25) is 5.91 Å². The van der Waals surface area contributed by atoms with Gasteiger partial charge in [0.05, 0.1) is 11.0 Å². The summed E-state index contributed by atoms with van der Waals surface area (Å²) in [5.41, 5.74) is 3.97. The van der Waals surface area contributed by atoms with E-state index in [9.17, 15) is 4.79 Å². The highest BCUT2D eigenvalue weighted by atomic mass is 16.1. The van der Waals surface area contributed by atoms with E-state index in [1.807, 2.05) is 47.9 Å². The van der Waals surface area contributed by atoms with Crippen molar-refractivity contribution in [2.45, 2.75) is 32.7 Å². The molecule has 0 radical (unpaired) electrons. The van der Waals surface area contributed by atoms with Crippen LogP contribution < -0.4 is 10.2 Å². The number of hydrogen-bond donors (Lipinski definition) is 1. The molecule has 0 atom stereocenters. The van der Waals surface area contributed by atoms with Crippen molar-refractivity contribution in [1.29, 1.82) is 0 Å². The maximum Gasteiger partial charge on any atom is 0.244 e. The number of aromatic nitrogens is 2. The van der Waals surface area contributed by atoms with Crippen molar-refractivity contribution in [3.63, 3.8) is 0 Å². The number of aryl methyl sites for hydroxylation is 1. The molecule has 0 saturated carbocycles. The fourth-order valence-corrected chi connectivity index (χ4v) is 3.65. The molecule has 1 amide bonds. The Bertz CT molecular complexity index is 907. The predicted molar refractivity (Wildman–Crippen MR) is 106 cm³/mol. The van der Waals surface area contributed by atoms with Gasteiger partial charge in [0.15, 0.2) is 0 Å². The zero-order valence-electron chi connectivity index (χ0n) is 15.1. The summed E-state index contributed by atoms with van der Waals surface area (Å²) < 4.78 is 1.95. The minimum atomic E-state index is -0.0398. The number of benzene rings is 2. The lowest BCUT2D eigenvalue weighted by Gasteiger charge is -2.28. The van der Waals surface area contributed by atoms with E-state index in [0.717, 1.165) is 35.6 Å². The second-order valence-corrected chi connectivity index (χ2v) is 6.88. The molecule has 5 nitrogen and oxygen atoms in total. The van der Waals surface area contributed by atoms with Crippen LogP contribution in [0.2, 0.25) is 0 Å². The van der Waals surface area contributed by atoms with Gasteiger partial charge in [0, 0.05) is 24.5 Å². The van der Waals surface area contributed by atoms with E-state index in [4.69, 9.17) is 0 Å². The molecule has 0 aliphatic carbocycles. The van der Waals surface area contributed by atoms with Crippen LogP contribution in [-0.4, -0.2) is 28.5 Å². The molecule has 0 bridgehead atoms. The minimum absolute atomic E-state index is 0.0398. The van der Waals surface area contributed by atoms with E-state index in [2.05, 4.69) is 27.3 Å². The molecule has 4 rings (SSSR count). The van der Waals surface area contributed by atoms with Gasteiger partial charge in [-0.2, -0.15) is 0 Å². The summed E-state index contributed by atoms with van der Waals surface area (Å²) in [6.45, 7) is 4.44. The molecule has 3 aromatic rings. The van der Waals surface area contributed by atoms with E-state index >= 15 is 0 Å². The van der Waals surface area contributed by atoms with Gasteiger partial charge in [0.25, 0.3) is 0 Å². The number of rotatable bonds is 4. The number of imidazole rings is 1. The van der Waals surface area contributed by atoms with Gasteiger partial charge in [0.1, 0.15) is 12.4 Å². The second-order valence-electron chi connectivity index (χ2n) is 6.88. The third-order valence-electron chi connectivity index (χ3n) is 5.02. The van der Waals surface area contributed by atoms with Gasteiger partial charge in [-0.15, -0.1) is 0 Å². The fraction of sp³-hybridized carbons (Fsp3) is 0.333. The summed E-state index contributed by atoms with van der Waals surface area (Å²) in [6.07, 6.45) is 3.85. The standard InChI is InChI=1S/C21H24N4O/c1-16-22-19-7-3-4-8-20(19)25(16)15-21(26)23-17-9-11-18(12-10-17)24-13-5-2-6-14-24/h3-4,7-12H,2,5-6,13-15H2,1H3,(H,23,26). The number of nitrogens with zero attached hydrogens (tertiary/aromatic N) is 3. The summed E-state index contributed by atoms with van der Waals surface area (Å²) in [7, 11) is 0. The van der Waals surface area contributed by atoms with Crippen molar-refractivity contribution in [3.8, 4) is 0 Å². The van der Waals surface area contributed by atoms with Crippen LogP contribution in [0.25, 0.3) is 11.0 Å². The van der Waals surface area contributed by atoms with Crippen LogP contribution in [0.1, 0.15) is 25.1 Å². The monoisotopic (exact) mass is 348 g/mol. The Hall–Kier alpha value is -2.82. The van der Waals surface area contributed by atoms with Gasteiger partial charge in [-0.3, -0.25) is 4.79 Å². The van der Waals surface area contributed by atoms with E-state index in [1.165, 1.54) is 24.9 Å². The molecule has 0 unspecified atom stereocenters. The van der Waals surface area contributed by atoms with Crippen LogP contribution in [0, 0.1) is 6.92 Å². The van der Waals surface area contributed by atoms with Crippen molar-refractivity contribution in [3.05, 3.63) is 54.4 Å². The molecular formula is C21H24N4O. The Morgan fingerprint density at radius 1 is 1.04 bits per heavy atom. The van der Waals surface area contributed by atoms with E-state index in [0.29, 0.717) is 0 Å². The van der Waals surface area contributed by atoms with Crippen LogP contribution >= 0.6 is 0 Å². The number of fused-ring (bicyclic) bond motifs is 1. The van der Waals surface area contributed by atoms with Crippen LogP contribution in [-0.2, 0) is 11.3 Å². The summed E-state index contributed by atoms with van der Waals surface area (Å²) in [5, 5.41) is 3.00. The Labute approximate surface area is 153 Å². The third kappa shape index (κ3) is 3.43. The fourth-order valence-electron chi connectivity index (χ4n) is 3.65. The maximum absolute atomic E-state index is 12.5. The van der Waals surface area contributed by atoms with Crippen molar-refractivity contribution < 1.29 is 4.79 Å². The molecule has 1 aromatic heterocycles. The van der Waals surface area contributed by atoms with Gasteiger partial charge < -0.3 is 14.8 Å². The number of anilines is 2. The quantitative estimate of drug-likeness (QED) is 0.776. The molecule has 0 spiro atoms. The molecule has 134 valence electrons. The molecule has 2 heterocycles. The zero-order valence-corrected chi connectivity index (χ0v) is 15.1. The molecule has 1 N–H and O–H groups in total. The molecule has 1 aliphatic heterocycles. The van der Waals surface area contributed by atoms with Crippen LogP contribution in [0.4, 0.5) is 11.4 Å².